The van der Waals surface area contributed by atoms with Crippen molar-refractivity contribution in [3.8, 4) is 0 Å². The molecule has 3 heterocycles. The normalized spacial score (nSPS) is 7.93. The quantitative estimate of drug-likeness (QED) is 0.230. The molecular formula is C26H63ClN12Sn3. The maximum atomic E-state index is 5.36. The van der Waals surface area contributed by atoms with E-state index in [0.717, 1.165) is 15.8 Å². The van der Waals surface area contributed by atoms with E-state index in [0.29, 0.717) is 0 Å². The van der Waals surface area contributed by atoms with Gasteiger partial charge >= 0.3 is 145 Å². The number of aromatic nitrogens is 9. The summed E-state index contributed by atoms with van der Waals surface area (Å²) in [4.78, 5) is 25.6. The maximum absolute atomic E-state index is 5.36. The molecule has 0 aromatic carbocycles. The summed E-state index contributed by atoms with van der Waals surface area (Å²) in [5.74, 6) is 0.612. The van der Waals surface area contributed by atoms with Crippen LogP contribution in [0.1, 0.15) is 69.3 Å². The van der Waals surface area contributed by atoms with Crippen molar-refractivity contribution in [2.45, 2.75) is 103 Å². The Kier molecular flexibility index (Phi) is 60.7. The van der Waals surface area contributed by atoms with Crippen LogP contribution in [-0.2, 0) is 4.44 Å². The van der Waals surface area contributed by atoms with Crippen molar-refractivity contribution < 1.29 is 0 Å². The summed E-state index contributed by atoms with van der Waals surface area (Å²) in [6, 6.07) is 0. The zero-order valence-corrected chi connectivity index (χ0v) is 33.1. The Labute approximate surface area is 288 Å². The van der Waals surface area contributed by atoms with Gasteiger partial charge in [0.2, 0.25) is 11.9 Å². The fourth-order valence-corrected chi connectivity index (χ4v) is 3.45. The SMILES string of the molecule is C.C.C.C.C.CC.C[CH2][Sn][CH2]c1cnnc(N)n1.Cc1cnnc(N)n1.Nc1nncc(Cl)n1.[CH3][Sn]([CH3])[CH3].[CH3][Sn]([CH3])[CH3]. The molecular weight excluding hydrogens is 872 g/mol. The van der Waals surface area contributed by atoms with Crippen LogP contribution < -0.4 is 17.2 Å². The van der Waals surface area contributed by atoms with Crippen LogP contribution in [0, 0.1) is 6.92 Å². The van der Waals surface area contributed by atoms with Crippen LogP contribution in [-0.4, -0.2) is 106 Å². The Balaban J connectivity index is -0.0000000571. The Morgan fingerprint density at radius 3 is 1.29 bits per heavy atom. The molecule has 3 aromatic heterocycles. The Morgan fingerprint density at radius 2 is 1.02 bits per heavy atom. The molecule has 0 spiro atoms. The molecule has 3 rings (SSSR count). The summed E-state index contributed by atoms with van der Waals surface area (Å²) < 4.78 is 2.44. The number of rotatable bonds is 3. The van der Waals surface area contributed by atoms with Crippen LogP contribution >= 0.6 is 11.6 Å². The zero-order valence-electron chi connectivity index (χ0n) is 23.8. The van der Waals surface area contributed by atoms with E-state index in [1.807, 2.05) is 20.8 Å². The van der Waals surface area contributed by atoms with Crippen LogP contribution in [0.15, 0.2) is 18.6 Å². The van der Waals surface area contributed by atoms with E-state index in [4.69, 9.17) is 28.8 Å². The molecule has 3 aromatic rings. The molecule has 16 heteroatoms. The zero-order chi connectivity index (χ0) is 29.2. The first-order valence-corrected chi connectivity index (χ1v) is 33.1. The molecule has 0 atom stereocenters. The summed E-state index contributed by atoms with van der Waals surface area (Å²) in [7, 11) is 0. The molecule has 0 saturated carbocycles. The van der Waals surface area contributed by atoms with Gasteiger partial charge < -0.3 is 11.5 Å². The molecule has 0 unspecified atom stereocenters. The Hall–Kier alpha value is -0.884. The van der Waals surface area contributed by atoms with Gasteiger partial charge in [-0.2, -0.15) is 15.2 Å². The first-order chi connectivity index (χ1) is 17.4. The van der Waals surface area contributed by atoms with Gasteiger partial charge in [-0.15, -0.1) is 10.2 Å². The number of anilines is 3. The minimum atomic E-state index is -0.543. The van der Waals surface area contributed by atoms with Crippen molar-refractivity contribution in [3.63, 3.8) is 0 Å². The van der Waals surface area contributed by atoms with Crippen molar-refractivity contribution in [1.29, 1.82) is 0 Å². The van der Waals surface area contributed by atoms with Gasteiger partial charge in [-0.05, 0) is 6.92 Å². The molecule has 6 N–H and O–H groups in total. The minimum absolute atomic E-state index is 0. The first-order valence-electron chi connectivity index (χ1n) is 11.6. The molecule has 0 bridgehead atoms. The third kappa shape index (κ3) is 51.8. The summed E-state index contributed by atoms with van der Waals surface area (Å²) in [6.07, 6.45) is 4.57. The molecule has 0 aliphatic heterocycles. The van der Waals surface area contributed by atoms with E-state index in [1.54, 1.807) is 12.4 Å². The predicted molar refractivity (Wildman–Crippen MR) is 194 cm³/mol. The fraction of sp³-hybridized carbons (Fsp3) is 0.654. The van der Waals surface area contributed by atoms with E-state index in [1.165, 1.54) is 10.6 Å². The number of nitrogen functional groups attached to an aromatic ring is 3. The fourth-order valence-electron chi connectivity index (χ4n) is 1.39. The van der Waals surface area contributed by atoms with Gasteiger partial charge in [-0.3, -0.25) is 0 Å². The van der Waals surface area contributed by atoms with E-state index >= 15 is 0 Å². The van der Waals surface area contributed by atoms with Crippen LogP contribution in [0.2, 0.25) is 39.2 Å². The number of hydrogen-bond acceptors (Lipinski definition) is 12. The van der Waals surface area contributed by atoms with Crippen molar-refractivity contribution in [2.75, 3.05) is 17.2 Å². The third-order valence-corrected chi connectivity index (χ3v) is 5.78. The standard InChI is InChI=1S/C4H6N4.C4H5N4.C3H3ClN4.C2H6.C2H5.5CH4.6CH3.3Sn/c2*1-3-2-6-8-4(5)7-3;4-2-1-6-8-3(5)7-2;2*1-2;;;;;;;;;;;;;;/h2H,1H3,(H2,5,7,8);2H,1H2,(H2,5,7,8);1H,(H2,5,7,8);1-2H3;1H2,2H3;5*1H4;6*1H3;;;. The van der Waals surface area contributed by atoms with Crippen LogP contribution in [0.4, 0.5) is 17.8 Å². The van der Waals surface area contributed by atoms with Gasteiger partial charge in [0.1, 0.15) is 0 Å². The predicted octanol–water partition coefficient (Wildman–Crippen LogP) is 6.91. The third-order valence-electron chi connectivity index (χ3n) is 2.42. The molecule has 0 saturated heterocycles. The molecule has 0 fully saturated rings. The summed E-state index contributed by atoms with van der Waals surface area (Å²) in [5, 5.41) is 21.4. The molecule has 12 nitrogen and oxygen atoms in total. The van der Waals surface area contributed by atoms with Gasteiger partial charge in [0, 0.05) is 0 Å². The molecule has 42 heavy (non-hydrogen) atoms. The van der Waals surface area contributed by atoms with Crippen LogP contribution in [0.3, 0.4) is 0 Å². The summed E-state index contributed by atoms with van der Waals surface area (Å²) in [6.45, 7) is 8.02. The van der Waals surface area contributed by atoms with Crippen LogP contribution in [0.5, 0.6) is 0 Å². The molecule has 246 valence electrons. The topological polar surface area (TPSA) is 194 Å². The molecule has 4 radical (unpaired) electrons. The van der Waals surface area contributed by atoms with Crippen molar-refractivity contribution in [2.24, 2.45) is 0 Å². The van der Waals surface area contributed by atoms with Crippen molar-refractivity contribution in [1.82, 2.24) is 45.5 Å². The van der Waals surface area contributed by atoms with E-state index in [-0.39, 0.29) is 81.3 Å². The first kappa shape index (κ1) is 60.3. The molecule has 0 amide bonds. The van der Waals surface area contributed by atoms with Crippen LogP contribution in [0.25, 0.3) is 0 Å². The van der Waals surface area contributed by atoms with Crippen molar-refractivity contribution >= 4 is 90.1 Å². The average molecular weight is 935 g/mol. The van der Waals surface area contributed by atoms with E-state index in [9.17, 15) is 0 Å². The number of aryl methyl sites for hydroxylation is 1. The van der Waals surface area contributed by atoms with Gasteiger partial charge in [-0.1, -0.05) is 62.6 Å². The Bertz CT molecular complexity index is 837. The monoisotopic (exact) mass is 938 g/mol. The Morgan fingerprint density at radius 1 is 0.667 bits per heavy atom. The molecule has 0 aliphatic carbocycles. The summed E-state index contributed by atoms with van der Waals surface area (Å²) >= 11 is 4.04. The van der Waals surface area contributed by atoms with E-state index in [2.05, 4.69) is 82.1 Å². The van der Waals surface area contributed by atoms with Crippen molar-refractivity contribution in [3.05, 3.63) is 35.1 Å². The molecule has 0 aliphatic rings. The second kappa shape index (κ2) is 42.2. The van der Waals surface area contributed by atoms with Gasteiger partial charge in [0.25, 0.3) is 0 Å². The number of nitrogens with zero attached hydrogens (tertiary/aromatic N) is 9. The number of nitrogens with two attached hydrogens (primary N) is 3. The van der Waals surface area contributed by atoms with Gasteiger partial charge in [0.15, 0.2) is 5.15 Å². The average Bonchev–Trinajstić information content (AvgIpc) is 2.79. The second-order valence-electron chi connectivity index (χ2n) is 7.68. The van der Waals surface area contributed by atoms with Gasteiger partial charge in [0.05, 0.1) is 18.1 Å². The number of hydrogen-bond donors (Lipinski definition) is 3. The van der Waals surface area contributed by atoms with E-state index < -0.39 is 39.5 Å². The second-order valence-corrected chi connectivity index (χ2v) is 29.6. The summed E-state index contributed by atoms with van der Waals surface area (Å²) in [5.41, 5.74) is 17.4. The van der Waals surface area contributed by atoms with Gasteiger partial charge in [-0.25, -0.2) is 4.98 Å². The number of halogens is 1.